The smallest absolute Gasteiger partial charge is 0.164 e. The molecule has 0 aliphatic carbocycles. The summed E-state index contributed by atoms with van der Waals surface area (Å²) in [5.41, 5.74) is 0.704. The molecular weight excluding hydrogens is 120 g/mol. The minimum absolute atomic E-state index is 0.105. The van der Waals surface area contributed by atoms with Crippen LogP contribution in [0.25, 0.3) is 0 Å². The van der Waals surface area contributed by atoms with Gasteiger partial charge in [0.15, 0.2) is 5.78 Å². The van der Waals surface area contributed by atoms with Crippen molar-refractivity contribution >= 4 is 17.1 Å². The number of ketones is 1. The summed E-state index contributed by atoms with van der Waals surface area (Å²) in [6.07, 6.45) is 0. The Labute approximate surface area is 52.0 Å². The predicted molar refractivity (Wildman–Crippen MR) is 34.0 cm³/mol. The molecule has 0 spiro atoms. The maximum absolute atomic E-state index is 10.4. The van der Waals surface area contributed by atoms with Crippen molar-refractivity contribution in [1.29, 1.82) is 0 Å². The van der Waals surface area contributed by atoms with E-state index in [9.17, 15) is 4.79 Å². The predicted octanol–water partition coefficient (Wildman–Crippen LogP) is 1.76. The number of thiophene rings is 1. The van der Waals surface area contributed by atoms with Crippen LogP contribution in [0.15, 0.2) is 16.8 Å². The fraction of sp³-hybridized carbons (Fsp3) is 0. The second kappa shape index (κ2) is 2.09. The molecule has 0 aliphatic heterocycles. The van der Waals surface area contributed by atoms with E-state index in [2.05, 4.69) is 6.92 Å². The molecule has 8 heavy (non-hydrogen) atoms. The summed E-state index contributed by atoms with van der Waals surface area (Å²) in [4.78, 5) is 10.4. The maximum atomic E-state index is 10.4. The lowest BCUT2D eigenvalue weighted by atomic mass is 10.2. The third-order valence-corrected chi connectivity index (χ3v) is 1.53. The zero-order valence-corrected chi connectivity index (χ0v) is 5.07. The highest BCUT2D eigenvalue weighted by Crippen LogP contribution is 2.05. The summed E-state index contributed by atoms with van der Waals surface area (Å²) >= 11 is 1.51. The first-order chi connectivity index (χ1) is 3.80. The molecule has 1 heterocycles. The van der Waals surface area contributed by atoms with Crippen molar-refractivity contribution in [3.63, 3.8) is 0 Å². The molecule has 1 radical (unpaired) electrons. The van der Waals surface area contributed by atoms with Crippen molar-refractivity contribution in [3.8, 4) is 0 Å². The molecule has 1 rings (SSSR count). The molecule has 0 atom stereocenters. The molecule has 0 unspecified atom stereocenters. The second-order valence-corrected chi connectivity index (χ2v) is 2.22. The van der Waals surface area contributed by atoms with Crippen LogP contribution in [0, 0.1) is 6.92 Å². The van der Waals surface area contributed by atoms with Gasteiger partial charge in [0.25, 0.3) is 0 Å². The number of hydrogen-bond acceptors (Lipinski definition) is 2. The van der Waals surface area contributed by atoms with E-state index in [1.165, 1.54) is 11.3 Å². The van der Waals surface area contributed by atoms with Gasteiger partial charge < -0.3 is 0 Å². The summed E-state index contributed by atoms with van der Waals surface area (Å²) in [5, 5.41) is 3.65. The minimum Gasteiger partial charge on any atom is -0.294 e. The molecule has 0 N–H and O–H groups in total. The highest BCUT2D eigenvalue weighted by Gasteiger charge is 1.95. The molecule has 41 valence electrons. The van der Waals surface area contributed by atoms with E-state index in [1.54, 1.807) is 11.4 Å². The van der Waals surface area contributed by atoms with Gasteiger partial charge in [0, 0.05) is 17.9 Å². The van der Waals surface area contributed by atoms with Gasteiger partial charge in [-0.3, -0.25) is 4.79 Å². The van der Waals surface area contributed by atoms with Crippen LogP contribution in [-0.4, -0.2) is 5.78 Å². The lowest BCUT2D eigenvalue weighted by Crippen LogP contribution is -1.85. The first-order valence-electron chi connectivity index (χ1n) is 2.19. The number of rotatable bonds is 1. The third kappa shape index (κ3) is 0.954. The third-order valence-electron chi connectivity index (χ3n) is 0.843. The largest absolute Gasteiger partial charge is 0.294 e. The Morgan fingerprint density at radius 2 is 2.50 bits per heavy atom. The standard InChI is InChI=1S/C6H5OS/c1-5(7)6-2-3-8-4-6/h2-4H,1H2. The SMILES string of the molecule is [CH2]C(=O)c1ccsc1. The first kappa shape index (κ1) is 5.51. The molecule has 0 saturated carbocycles. The average Bonchev–Trinajstić information content (AvgIpc) is 2.12. The summed E-state index contributed by atoms with van der Waals surface area (Å²) in [7, 11) is 0. The van der Waals surface area contributed by atoms with Crippen LogP contribution in [0.4, 0.5) is 0 Å². The van der Waals surface area contributed by atoms with E-state index in [0.717, 1.165) is 0 Å². The fourth-order valence-electron chi connectivity index (χ4n) is 0.423. The van der Waals surface area contributed by atoms with E-state index >= 15 is 0 Å². The van der Waals surface area contributed by atoms with Gasteiger partial charge in [-0.1, -0.05) is 0 Å². The van der Waals surface area contributed by atoms with Gasteiger partial charge >= 0.3 is 0 Å². The van der Waals surface area contributed by atoms with Crippen LogP contribution >= 0.6 is 11.3 Å². The number of carbonyl (C=O) groups excluding carboxylic acids is 1. The number of hydrogen-bond donors (Lipinski definition) is 0. The van der Waals surface area contributed by atoms with E-state index < -0.39 is 0 Å². The van der Waals surface area contributed by atoms with Crippen LogP contribution in [0.1, 0.15) is 10.4 Å². The van der Waals surface area contributed by atoms with E-state index in [-0.39, 0.29) is 5.78 Å². The highest BCUT2D eigenvalue weighted by atomic mass is 32.1. The normalized spacial score (nSPS) is 9.12. The van der Waals surface area contributed by atoms with Crippen LogP contribution < -0.4 is 0 Å². The van der Waals surface area contributed by atoms with Gasteiger partial charge in [-0.15, -0.1) is 0 Å². The van der Waals surface area contributed by atoms with E-state index in [4.69, 9.17) is 0 Å². The van der Waals surface area contributed by atoms with Crippen molar-refractivity contribution in [2.75, 3.05) is 0 Å². The van der Waals surface area contributed by atoms with Crippen molar-refractivity contribution in [3.05, 3.63) is 29.3 Å². The number of Topliss-reactive ketones (excluding diaryl/α,β-unsaturated/α-hetero) is 1. The zero-order chi connectivity index (χ0) is 5.98. The van der Waals surface area contributed by atoms with Crippen molar-refractivity contribution in [1.82, 2.24) is 0 Å². The maximum Gasteiger partial charge on any atom is 0.164 e. The quantitative estimate of drug-likeness (QED) is 0.523. The Morgan fingerprint density at radius 3 is 2.75 bits per heavy atom. The lowest BCUT2D eigenvalue weighted by molar-refractivity contribution is 0.104. The van der Waals surface area contributed by atoms with Crippen LogP contribution in [0.2, 0.25) is 0 Å². The Kier molecular flexibility index (Phi) is 1.44. The van der Waals surface area contributed by atoms with Gasteiger partial charge in [-0.2, -0.15) is 11.3 Å². The summed E-state index contributed by atoms with van der Waals surface area (Å²) in [6, 6.07) is 1.76. The first-order valence-corrected chi connectivity index (χ1v) is 3.13. The van der Waals surface area contributed by atoms with E-state index in [1.807, 2.05) is 5.38 Å². The summed E-state index contributed by atoms with van der Waals surface area (Å²) in [6.45, 7) is 3.25. The van der Waals surface area contributed by atoms with Gasteiger partial charge in [-0.05, 0) is 11.4 Å². The summed E-state index contributed by atoms with van der Waals surface area (Å²) < 4.78 is 0. The molecule has 0 aromatic carbocycles. The minimum atomic E-state index is -0.105. The molecule has 1 aromatic rings. The van der Waals surface area contributed by atoms with Gasteiger partial charge in [-0.25, -0.2) is 0 Å². The molecule has 2 heteroatoms. The topological polar surface area (TPSA) is 17.1 Å². The molecule has 0 fully saturated rings. The summed E-state index contributed by atoms with van der Waals surface area (Å²) in [5.74, 6) is -0.105. The molecule has 0 aliphatic rings. The molecule has 1 aromatic heterocycles. The molecule has 1 nitrogen and oxygen atoms in total. The molecule has 0 saturated heterocycles. The zero-order valence-electron chi connectivity index (χ0n) is 4.26. The lowest BCUT2D eigenvalue weighted by Gasteiger charge is -1.79. The average molecular weight is 125 g/mol. The van der Waals surface area contributed by atoms with E-state index in [0.29, 0.717) is 5.56 Å². The number of carbonyl (C=O) groups is 1. The second-order valence-electron chi connectivity index (χ2n) is 1.44. The van der Waals surface area contributed by atoms with Gasteiger partial charge in [0.05, 0.1) is 0 Å². The van der Waals surface area contributed by atoms with Gasteiger partial charge in [0.2, 0.25) is 0 Å². The van der Waals surface area contributed by atoms with Gasteiger partial charge in [0.1, 0.15) is 0 Å². The molecule has 0 bridgehead atoms. The Bertz CT molecular complexity index is 176. The Hall–Kier alpha value is -0.630. The highest BCUT2D eigenvalue weighted by molar-refractivity contribution is 7.08. The Balaban J connectivity index is 2.93. The van der Waals surface area contributed by atoms with Crippen LogP contribution in [-0.2, 0) is 0 Å². The fourth-order valence-corrected chi connectivity index (χ4v) is 1.08. The van der Waals surface area contributed by atoms with Crippen molar-refractivity contribution < 1.29 is 4.79 Å². The Morgan fingerprint density at radius 1 is 1.75 bits per heavy atom. The monoisotopic (exact) mass is 125 g/mol. The van der Waals surface area contributed by atoms with Crippen LogP contribution in [0.5, 0.6) is 0 Å². The molecular formula is C6H5OS. The molecule has 0 amide bonds. The van der Waals surface area contributed by atoms with Crippen molar-refractivity contribution in [2.24, 2.45) is 0 Å². The van der Waals surface area contributed by atoms with Crippen LogP contribution in [0.3, 0.4) is 0 Å². The van der Waals surface area contributed by atoms with Crippen molar-refractivity contribution in [2.45, 2.75) is 0 Å².